The van der Waals surface area contributed by atoms with Crippen LogP contribution in [0.3, 0.4) is 0 Å². The molecule has 0 aromatic heterocycles. The Kier molecular flexibility index (Phi) is 14.5. The standard InChI is InChI=1S/C21HF43O3S/c22-1(23,2(24,25)4(28,29)6(32,33)8(36,37)10(40,41)12(44,45)14(48,49)16(52,53)18(56,57)20(60,61)62)3(26,27)5(30,31)7(34,35)9(38,39)11(42,43)13(46,47)15(50,51)17(54,55)19(58,59)21(63,64)68(65,66)67/h(H,65,66,67). The second-order valence-electron chi connectivity index (χ2n) is 12.4. The van der Waals surface area contributed by atoms with E-state index in [-0.39, 0.29) is 0 Å². The van der Waals surface area contributed by atoms with E-state index in [9.17, 15) is 197 Å². The van der Waals surface area contributed by atoms with Crippen LogP contribution in [0.5, 0.6) is 0 Å². The zero-order valence-corrected chi connectivity index (χ0v) is 29.2. The lowest BCUT2D eigenvalue weighted by molar-refractivity contribution is -0.496. The van der Waals surface area contributed by atoms with Crippen molar-refractivity contribution in [3.8, 4) is 0 Å². The average Bonchev–Trinajstić information content (AvgIpc) is 3.08. The molecule has 0 aromatic rings. The molecule has 0 aliphatic carbocycles. The summed E-state index contributed by atoms with van der Waals surface area (Å²) in [7, 11) is -8.60. The molecule has 0 rings (SSSR count). The van der Waals surface area contributed by atoms with E-state index < -0.39 is 134 Å². The van der Waals surface area contributed by atoms with Crippen LogP contribution in [-0.2, 0) is 10.1 Å². The van der Waals surface area contributed by atoms with Crippen LogP contribution in [0.2, 0.25) is 0 Å². The van der Waals surface area contributed by atoms with Crippen molar-refractivity contribution in [2.75, 3.05) is 0 Å². The second kappa shape index (κ2) is 15.2. The molecular weight excluding hydrogens is 1150 g/mol. The Bertz CT molecular complexity index is 1980. The first-order valence-corrected chi connectivity index (χ1v) is 15.3. The third-order valence-electron chi connectivity index (χ3n) is 8.14. The van der Waals surface area contributed by atoms with Gasteiger partial charge in [-0.3, -0.25) is 4.55 Å². The van der Waals surface area contributed by atoms with Gasteiger partial charge in [0.2, 0.25) is 0 Å². The van der Waals surface area contributed by atoms with Gasteiger partial charge in [-0.25, -0.2) is 0 Å². The minimum absolute atomic E-state index is 7.75. The van der Waals surface area contributed by atoms with Gasteiger partial charge >= 0.3 is 134 Å². The molecule has 3 nitrogen and oxygen atoms in total. The number of hydrogen-bond acceptors (Lipinski definition) is 2. The van der Waals surface area contributed by atoms with Crippen LogP contribution in [0.4, 0.5) is 189 Å². The number of hydrogen-bond donors (Lipinski definition) is 1. The lowest BCUT2D eigenvalue weighted by Gasteiger charge is -2.47. The fraction of sp³-hybridized carbons (Fsp3) is 1.00. The van der Waals surface area contributed by atoms with Crippen molar-refractivity contribution in [3.05, 3.63) is 0 Å². The van der Waals surface area contributed by atoms with Crippen molar-refractivity contribution in [2.24, 2.45) is 0 Å². The maximum absolute atomic E-state index is 14.0. The lowest BCUT2D eigenvalue weighted by Crippen LogP contribution is -2.81. The van der Waals surface area contributed by atoms with E-state index in [1.54, 1.807) is 0 Å². The summed E-state index contributed by atoms with van der Waals surface area (Å²) in [5.41, 5.74) is 0. The van der Waals surface area contributed by atoms with E-state index in [4.69, 9.17) is 4.55 Å². The molecule has 0 fully saturated rings. The van der Waals surface area contributed by atoms with Crippen molar-refractivity contribution < 1.29 is 202 Å². The molecule has 0 saturated heterocycles. The van der Waals surface area contributed by atoms with Crippen molar-refractivity contribution in [1.82, 2.24) is 0 Å². The topological polar surface area (TPSA) is 54.4 Å². The van der Waals surface area contributed by atoms with E-state index in [0.29, 0.717) is 0 Å². The van der Waals surface area contributed by atoms with E-state index >= 15 is 0 Å². The summed E-state index contributed by atoms with van der Waals surface area (Å²) in [5.74, 6) is -196. The molecule has 1 N–H and O–H groups in total. The SMILES string of the molecule is O=S(=O)(O)C(F)(F)C(F)(F)C(F)(F)C(F)(F)C(F)(F)C(F)(F)C(F)(F)C(F)(F)C(F)(F)C(F)(F)C(F)(F)C(F)(F)C(F)(F)C(F)(F)C(F)(F)C(F)(F)C(F)(F)C(F)(F)C(F)(F)C(F)(F)C(F)(F)F. The van der Waals surface area contributed by atoms with Gasteiger partial charge in [0.1, 0.15) is 0 Å². The summed E-state index contributed by atoms with van der Waals surface area (Å²) in [5, 5.41) is -8.59. The molecule has 0 aliphatic rings. The smallest absolute Gasteiger partial charge is 0.281 e. The Hall–Kier alpha value is -3.10. The summed E-state index contributed by atoms with van der Waals surface area (Å²) in [4.78, 5) is 0. The maximum atomic E-state index is 14.0. The molecule has 0 saturated carbocycles. The van der Waals surface area contributed by atoms with E-state index in [1.165, 1.54) is 0 Å². The zero-order chi connectivity index (χ0) is 57.0. The molecule has 0 radical (unpaired) electrons. The predicted octanol–water partition coefficient (Wildman–Crippen LogP) is 13.1. The first-order valence-electron chi connectivity index (χ1n) is 13.8. The fourth-order valence-corrected chi connectivity index (χ4v) is 4.33. The molecule has 0 heterocycles. The Morgan fingerprint density at radius 1 is 0.176 bits per heavy atom. The highest BCUT2D eigenvalue weighted by Crippen LogP contribution is 2.71. The van der Waals surface area contributed by atoms with Crippen LogP contribution in [0.25, 0.3) is 0 Å². The van der Waals surface area contributed by atoms with Gasteiger partial charge in [0.05, 0.1) is 0 Å². The highest BCUT2D eigenvalue weighted by atomic mass is 32.2. The van der Waals surface area contributed by atoms with E-state index in [0.717, 1.165) is 0 Å². The molecule has 0 aliphatic heterocycles. The second-order valence-corrected chi connectivity index (χ2v) is 13.9. The summed E-state index contributed by atoms with van der Waals surface area (Å²) in [6.07, 6.45) is -8.57. The van der Waals surface area contributed by atoms with Crippen molar-refractivity contribution in [3.63, 3.8) is 0 Å². The molecule has 0 spiro atoms. The van der Waals surface area contributed by atoms with Gasteiger partial charge < -0.3 is 0 Å². The third-order valence-corrected chi connectivity index (χ3v) is 9.05. The van der Waals surface area contributed by atoms with E-state index in [1.807, 2.05) is 0 Å². The van der Waals surface area contributed by atoms with Crippen LogP contribution in [0, 0.1) is 0 Å². The molecule has 68 heavy (non-hydrogen) atoms. The summed E-state index contributed by atoms with van der Waals surface area (Å²) < 4.78 is 612. The predicted molar refractivity (Wildman–Crippen MR) is 117 cm³/mol. The Morgan fingerprint density at radius 2 is 0.265 bits per heavy atom. The summed E-state index contributed by atoms with van der Waals surface area (Å²) >= 11 is 0. The lowest BCUT2D eigenvalue weighted by atomic mass is 9.81. The minimum atomic E-state index is -10.8. The Labute approximate surface area is 337 Å². The first kappa shape index (κ1) is 64.9. The minimum Gasteiger partial charge on any atom is -0.281 e. The van der Waals surface area contributed by atoms with Crippen LogP contribution in [-0.4, -0.2) is 137 Å². The number of halogens is 43. The van der Waals surface area contributed by atoms with Gasteiger partial charge in [-0.05, 0) is 0 Å². The van der Waals surface area contributed by atoms with Crippen molar-refractivity contribution >= 4 is 10.1 Å². The Balaban J connectivity index is 8.10. The molecule has 0 bridgehead atoms. The van der Waals surface area contributed by atoms with Gasteiger partial charge in [-0.15, -0.1) is 0 Å². The van der Waals surface area contributed by atoms with Crippen LogP contribution < -0.4 is 0 Å². The largest absolute Gasteiger partial charge is 0.460 e. The van der Waals surface area contributed by atoms with Gasteiger partial charge in [0.25, 0.3) is 0 Å². The highest BCUT2D eigenvalue weighted by molar-refractivity contribution is 7.87. The number of rotatable bonds is 20. The molecule has 410 valence electrons. The molecule has 0 aromatic carbocycles. The van der Waals surface area contributed by atoms with E-state index in [2.05, 4.69) is 0 Å². The summed E-state index contributed by atoms with van der Waals surface area (Å²) in [6, 6.07) is 0. The van der Waals surface area contributed by atoms with Gasteiger partial charge in [0.15, 0.2) is 0 Å². The van der Waals surface area contributed by atoms with Crippen molar-refractivity contribution in [1.29, 1.82) is 0 Å². The normalized spacial score (nSPS) is 17.5. The van der Waals surface area contributed by atoms with Crippen LogP contribution in [0.15, 0.2) is 0 Å². The van der Waals surface area contributed by atoms with Crippen molar-refractivity contribution in [2.45, 2.75) is 124 Å². The monoisotopic (exact) mass is 1150 g/mol. The van der Waals surface area contributed by atoms with Gasteiger partial charge in [-0.2, -0.15) is 197 Å². The maximum Gasteiger partial charge on any atom is 0.460 e. The van der Waals surface area contributed by atoms with Crippen LogP contribution >= 0.6 is 0 Å². The summed E-state index contributed by atoms with van der Waals surface area (Å²) in [6.45, 7) is 0. The first-order chi connectivity index (χ1) is 28.2. The quantitative estimate of drug-likeness (QED) is 0.0976. The Morgan fingerprint density at radius 3 is 0.353 bits per heavy atom. The average molecular weight is 1150 g/mol. The fourth-order valence-electron chi connectivity index (χ4n) is 3.87. The highest BCUT2D eigenvalue weighted by Gasteiger charge is 3.04. The zero-order valence-electron chi connectivity index (χ0n) is 28.4. The molecule has 0 amide bonds. The van der Waals surface area contributed by atoms with Gasteiger partial charge in [0, 0.05) is 0 Å². The molecule has 47 heteroatoms. The molecule has 0 atom stereocenters. The molecule has 0 unspecified atom stereocenters. The molecular formula is C21HF43O3S. The van der Waals surface area contributed by atoms with Gasteiger partial charge in [-0.1, -0.05) is 0 Å². The third kappa shape index (κ3) is 6.97. The number of alkyl halides is 43. The van der Waals surface area contributed by atoms with Crippen LogP contribution in [0.1, 0.15) is 0 Å².